The summed E-state index contributed by atoms with van der Waals surface area (Å²) in [6.07, 6.45) is 11.8. The minimum Gasteiger partial charge on any atom is -0.472 e. The Morgan fingerprint density at radius 3 is 2.90 bits per heavy atom. The van der Waals surface area contributed by atoms with E-state index in [0.717, 1.165) is 59.2 Å². The topological polar surface area (TPSA) is 80.7 Å². The molecule has 30 heavy (non-hydrogen) atoms. The van der Waals surface area contributed by atoms with Crippen molar-refractivity contribution in [3.8, 4) is 28.3 Å². The van der Waals surface area contributed by atoms with E-state index in [9.17, 15) is 0 Å². The Hall–Kier alpha value is -3.19. The quantitative estimate of drug-likeness (QED) is 0.523. The summed E-state index contributed by atoms with van der Waals surface area (Å²) in [5.74, 6) is 0.574. The normalized spacial score (nSPS) is 17.0. The summed E-state index contributed by atoms with van der Waals surface area (Å²) in [6, 6.07) is 6.74. The van der Waals surface area contributed by atoms with E-state index < -0.39 is 0 Å². The number of nitrogens with zero attached hydrogens (tertiary/aromatic N) is 4. The number of hydrogen-bond donors (Lipinski definition) is 2. The van der Waals surface area contributed by atoms with Crippen LogP contribution in [0, 0.1) is 0 Å². The van der Waals surface area contributed by atoms with Crippen LogP contribution >= 0.6 is 0 Å². The molecule has 1 aliphatic heterocycles. The fourth-order valence-corrected chi connectivity index (χ4v) is 3.91. The van der Waals surface area contributed by atoms with Crippen molar-refractivity contribution in [2.75, 3.05) is 13.1 Å². The Labute approximate surface area is 175 Å². The molecule has 4 heterocycles. The summed E-state index contributed by atoms with van der Waals surface area (Å²) in [6.45, 7) is 6.16. The van der Waals surface area contributed by atoms with Crippen molar-refractivity contribution < 1.29 is 4.74 Å². The van der Waals surface area contributed by atoms with E-state index in [1.54, 1.807) is 12.4 Å². The van der Waals surface area contributed by atoms with Crippen molar-refractivity contribution in [1.82, 2.24) is 30.0 Å². The number of benzene rings is 1. The van der Waals surface area contributed by atoms with Crippen molar-refractivity contribution in [3.05, 3.63) is 49.2 Å². The second-order valence-electron chi connectivity index (χ2n) is 8.09. The number of ether oxygens (including phenoxy) is 1. The molecule has 0 spiro atoms. The molecule has 0 aliphatic carbocycles. The maximum atomic E-state index is 6.07. The summed E-state index contributed by atoms with van der Waals surface area (Å²) < 4.78 is 8.04. The summed E-state index contributed by atoms with van der Waals surface area (Å²) in [4.78, 5) is 12.5. The average Bonchev–Trinajstić information content (AvgIpc) is 3.42. The van der Waals surface area contributed by atoms with E-state index in [1.165, 1.54) is 0 Å². The second kappa shape index (κ2) is 7.91. The van der Waals surface area contributed by atoms with Gasteiger partial charge in [-0.05, 0) is 50.9 Å². The minimum absolute atomic E-state index is 0.148. The summed E-state index contributed by atoms with van der Waals surface area (Å²) >= 11 is 0. The number of hydrogen-bond acceptors (Lipinski definition) is 5. The van der Waals surface area contributed by atoms with Crippen LogP contribution in [0.15, 0.2) is 49.2 Å². The van der Waals surface area contributed by atoms with E-state index in [2.05, 4.69) is 58.6 Å². The van der Waals surface area contributed by atoms with Crippen LogP contribution < -0.4 is 10.1 Å². The van der Waals surface area contributed by atoms with Gasteiger partial charge in [-0.2, -0.15) is 5.10 Å². The predicted octanol–water partition coefficient (Wildman–Crippen LogP) is 4.20. The number of aromatic nitrogens is 5. The number of rotatable bonds is 5. The Morgan fingerprint density at radius 2 is 2.10 bits per heavy atom. The van der Waals surface area contributed by atoms with E-state index in [0.29, 0.717) is 11.9 Å². The van der Waals surface area contributed by atoms with Gasteiger partial charge in [-0.3, -0.25) is 9.67 Å². The first-order valence-corrected chi connectivity index (χ1v) is 10.5. The largest absolute Gasteiger partial charge is 0.472 e. The summed E-state index contributed by atoms with van der Waals surface area (Å²) in [5, 5.41) is 8.95. The third kappa shape index (κ3) is 3.68. The zero-order valence-corrected chi connectivity index (χ0v) is 17.3. The Bertz CT molecular complexity index is 1160. The number of aromatic amines is 1. The lowest BCUT2D eigenvalue weighted by Gasteiger charge is -2.23. The zero-order chi connectivity index (χ0) is 20.5. The molecule has 7 heteroatoms. The van der Waals surface area contributed by atoms with Gasteiger partial charge in [0.25, 0.3) is 0 Å². The van der Waals surface area contributed by atoms with Gasteiger partial charge in [-0.15, -0.1) is 0 Å². The van der Waals surface area contributed by atoms with Gasteiger partial charge in [-0.25, -0.2) is 4.98 Å². The highest BCUT2D eigenvalue weighted by molar-refractivity contribution is 5.97. The number of fused-ring (bicyclic) bond motifs is 1. The molecule has 7 nitrogen and oxygen atoms in total. The Kier molecular flexibility index (Phi) is 4.96. The van der Waals surface area contributed by atoms with Gasteiger partial charge >= 0.3 is 0 Å². The molecule has 1 atom stereocenters. The molecule has 2 N–H and O–H groups in total. The van der Waals surface area contributed by atoms with Gasteiger partial charge < -0.3 is 15.0 Å². The number of H-pyrrole nitrogens is 1. The lowest BCUT2D eigenvalue weighted by molar-refractivity contribution is 0.160. The first-order valence-electron chi connectivity index (χ1n) is 10.5. The third-order valence-corrected chi connectivity index (χ3v) is 5.57. The van der Waals surface area contributed by atoms with Crippen molar-refractivity contribution in [2.24, 2.45) is 0 Å². The van der Waals surface area contributed by atoms with Crippen LogP contribution in [0.5, 0.6) is 5.88 Å². The van der Waals surface area contributed by atoms with Gasteiger partial charge in [-0.1, -0.05) is 6.07 Å². The van der Waals surface area contributed by atoms with Crippen LogP contribution in [-0.2, 0) is 0 Å². The van der Waals surface area contributed by atoms with E-state index in [-0.39, 0.29) is 6.10 Å². The highest BCUT2D eigenvalue weighted by Crippen LogP contribution is 2.32. The van der Waals surface area contributed by atoms with E-state index in [1.807, 2.05) is 17.1 Å². The molecule has 0 saturated carbocycles. The van der Waals surface area contributed by atoms with Crippen LogP contribution in [0.25, 0.3) is 33.3 Å². The van der Waals surface area contributed by atoms with Crippen molar-refractivity contribution in [2.45, 2.75) is 38.8 Å². The SMILES string of the molecule is CC(C)n1cc(-c2ccc3[nH]cc(-c4cncc(OC5CCCNC5)n4)c3c2)cn1. The average molecular weight is 403 g/mol. The van der Waals surface area contributed by atoms with Gasteiger partial charge in [0.2, 0.25) is 5.88 Å². The van der Waals surface area contributed by atoms with Crippen LogP contribution in [0.3, 0.4) is 0 Å². The van der Waals surface area contributed by atoms with Gasteiger partial charge in [0.15, 0.2) is 0 Å². The summed E-state index contributed by atoms with van der Waals surface area (Å²) in [5.41, 5.74) is 5.12. The molecule has 1 fully saturated rings. The molecule has 0 bridgehead atoms. The van der Waals surface area contributed by atoms with Crippen molar-refractivity contribution >= 4 is 10.9 Å². The third-order valence-electron chi connectivity index (χ3n) is 5.57. The lowest BCUT2D eigenvalue weighted by atomic mass is 10.0. The van der Waals surface area contributed by atoms with Gasteiger partial charge in [0.1, 0.15) is 6.10 Å². The van der Waals surface area contributed by atoms with Gasteiger partial charge in [0.05, 0.1) is 24.3 Å². The molecule has 1 aromatic carbocycles. The van der Waals surface area contributed by atoms with E-state index >= 15 is 0 Å². The van der Waals surface area contributed by atoms with Crippen molar-refractivity contribution in [3.63, 3.8) is 0 Å². The Balaban J connectivity index is 1.47. The molecular formula is C23H26N6O. The zero-order valence-electron chi connectivity index (χ0n) is 17.3. The molecule has 1 unspecified atom stereocenters. The molecule has 0 amide bonds. The highest BCUT2D eigenvalue weighted by Gasteiger charge is 2.16. The van der Waals surface area contributed by atoms with Crippen LogP contribution in [0.4, 0.5) is 0 Å². The molecule has 3 aromatic heterocycles. The van der Waals surface area contributed by atoms with Gasteiger partial charge in [0, 0.05) is 47.0 Å². The first kappa shape index (κ1) is 18.8. The maximum Gasteiger partial charge on any atom is 0.233 e. The lowest BCUT2D eigenvalue weighted by Crippen LogP contribution is -2.37. The van der Waals surface area contributed by atoms with E-state index in [4.69, 9.17) is 9.72 Å². The number of piperidine rings is 1. The molecule has 1 saturated heterocycles. The summed E-state index contributed by atoms with van der Waals surface area (Å²) in [7, 11) is 0. The standard InChI is InChI=1S/C23H26N6O/c1-15(2)29-14-17(9-27-29)16-5-6-21-19(8-16)20(11-26-21)22-12-25-13-23(28-22)30-18-4-3-7-24-10-18/h5-6,8-9,11-15,18,24,26H,3-4,7,10H2,1-2H3. The van der Waals surface area contributed by atoms with Crippen molar-refractivity contribution in [1.29, 1.82) is 0 Å². The van der Waals surface area contributed by atoms with Crippen LogP contribution in [-0.4, -0.2) is 43.9 Å². The molecule has 0 radical (unpaired) electrons. The van der Waals surface area contributed by atoms with Crippen LogP contribution in [0.1, 0.15) is 32.7 Å². The first-order chi connectivity index (χ1) is 14.7. The molecule has 154 valence electrons. The monoisotopic (exact) mass is 402 g/mol. The Morgan fingerprint density at radius 1 is 1.17 bits per heavy atom. The molecule has 4 aromatic rings. The highest BCUT2D eigenvalue weighted by atomic mass is 16.5. The second-order valence-corrected chi connectivity index (χ2v) is 8.09. The molecule has 5 rings (SSSR count). The van der Waals surface area contributed by atoms with Crippen LogP contribution in [0.2, 0.25) is 0 Å². The minimum atomic E-state index is 0.148. The fraction of sp³-hybridized carbons (Fsp3) is 0.348. The smallest absolute Gasteiger partial charge is 0.233 e. The number of nitrogens with one attached hydrogen (secondary N) is 2. The molecule has 1 aliphatic rings. The maximum absolute atomic E-state index is 6.07. The predicted molar refractivity (Wildman–Crippen MR) is 117 cm³/mol. The fourth-order valence-electron chi connectivity index (χ4n) is 3.91. The molecular weight excluding hydrogens is 376 g/mol.